The number of nitrogens with zero attached hydrogens (tertiary/aromatic N) is 3. The van der Waals surface area contributed by atoms with Gasteiger partial charge >= 0.3 is 0 Å². The normalized spacial score (nSPS) is 18.3. The minimum Gasteiger partial charge on any atom is -0.496 e. The van der Waals surface area contributed by atoms with Crippen LogP contribution in [0.2, 0.25) is 0 Å². The SMILES string of the molecule is COc1cccc2c(N3CCCC(c4ccn[nH]4)C3)nccc12. The molecule has 0 radical (unpaired) electrons. The lowest BCUT2D eigenvalue weighted by atomic mass is 9.94. The van der Waals surface area contributed by atoms with E-state index in [0.717, 1.165) is 41.9 Å². The summed E-state index contributed by atoms with van der Waals surface area (Å²) in [6.07, 6.45) is 6.05. The maximum Gasteiger partial charge on any atom is 0.136 e. The van der Waals surface area contributed by atoms with Crippen molar-refractivity contribution in [2.45, 2.75) is 18.8 Å². The number of aromatic nitrogens is 3. The van der Waals surface area contributed by atoms with Crippen molar-refractivity contribution in [3.05, 3.63) is 48.4 Å². The predicted molar refractivity (Wildman–Crippen MR) is 91.1 cm³/mol. The van der Waals surface area contributed by atoms with E-state index in [0.29, 0.717) is 5.92 Å². The molecule has 0 saturated carbocycles. The summed E-state index contributed by atoms with van der Waals surface area (Å²) in [5.74, 6) is 2.42. The number of nitrogens with one attached hydrogen (secondary N) is 1. The van der Waals surface area contributed by atoms with Crippen LogP contribution in [0.15, 0.2) is 42.7 Å². The first-order valence-electron chi connectivity index (χ1n) is 8.03. The number of rotatable bonds is 3. The molecule has 1 aliphatic rings. The second-order valence-corrected chi connectivity index (χ2v) is 5.99. The molecule has 0 bridgehead atoms. The lowest BCUT2D eigenvalue weighted by molar-refractivity contribution is 0.420. The van der Waals surface area contributed by atoms with Crippen LogP contribution in [0.5, 0.6) is 5.75 Å². The van der Waals surface area contributed by atoms with Crippen molar-refractivity contribution >= 4 is 16.6 Å². The molecule has 2 aromatic heterocycles. The van der Waals surface area contributed by atoms with E-state index in [1.807, 2.05) is 30.6 Å². The van der Waals surface area contributed by atoms with Gasteiger partial charge in [-0.1, -0.05) is 12.1 Å². The summed E-state index contributed by atoms with van der Waals surface area (Å²) in [5.41, 5.74) is 1.22. The van der Waals surface area contributed by atoms with Crippen LogP contribution in [-0.2, 0) is 0 Å². The first-order chi connectivity index (χ1) is 11.4. The van der Waals surface area contributed by atoms with Crippen LogP contribution in [0.3, 0.4) is 0 Å². The fourth-order valence-corrected chi connectivity index (χ4v) is 3.51. The van der Waals surface area contributed by atoms with Gasteiger partial charge in [0.25, 0.3) is 0 Å². The molecule has 0 aliphatic carbocycles. The number of ether oxygens (including phenoxy) is 1. The standard InChI is InChI=1S/C18H20N4O/c1-23-17-6-2-5-15-14(17)7-9-19-18(15)22-11-3-4-13(12-22)16-8-10-20-21-16/h2,5-10,13H,3-4,11-12H2,1H3,(H,20,21). The zero-order chi connectivity index (χ0) is 15.6. The summed E-state index contributed by atoms with van der Waals surface area (Å²) >= 11 is 0. The predicted octanol–water partition coefficient (Wildman–Crippen LogP) is 3.35. The number of methoxy groups -OCH3 is 1. The zero-order valence-corrected chi connectivity index (χ0v) is 13.2. The van der Waals surface area contributed by atoms with Gasteiger partial charge in [-0.2, -0.15) is 5.10 Å². The molecule has 1 atom stereocenters. The van der Waals surface area contributed by atoms with Crippen molar-refractivity contribution in [1.29, 1.82) is 0 Å². The van der Waals surface area contributed by atoms with E-state index < -0.39 is 0 Å². The number of piperidine rings is 1. The van der Waals surface area contributed by atoms with E-state index in [1.54, 1.807) is 7.11 Å². The number of anilines is 1. The molecule has 5 heteroatoms. The van der Waals surface area contributed by atoms with Crippen LogP contribution in [0.4, 0.5) is 5.82 Å². The largest absolute Gasteiger partial charge is 0.496 e. The third-order valence-electron chi connectivity index (χ3n) is 4.65. The highest BCUT2D eigenvalue weighted by Gasteiger charge is 2.24. The molecule has 3 aromatic rings. The molecule has 1 N–H and O–H groups in total. The van der Waals surface area contributed by atoms with Gasteiger partial charge in [-0.3, -0.25) is 5.10 Å². The molecule has 0 amide bonds. The van der Waals surface area contributed by atoms with Crippen molar-refractivity contribution in [1.82, 2.24) is 15.2 Å². The lowest BCUT2D eigenvalue weighted by Gasteiger charge is -2.33. The smallest absolute Gasteiger partial charge is 0.136 e. The summed E-state index contributed by atoms with van der Waals surface area (Å²) in [7, 11) is 1.71. The van der Waals surface area contributed by atoms with E-state index in [1.165, 1.54) is 12.1 Å². The first-order valence-corrected chi connectivity index (χ1v) is 8.03. The summed E-state index contributed by atoms with van der Waals surface area (Å²) in [4.78, 5) is 7.05. The molecule has 4 rings (SSSR count). The van der Waals surface area contributed by atoms with E-state index in [-0.39, 0.29) is 0 Å². The summed E-state index contributed by atoms with van der Waals surface area (Å²) in [6.45, 7) is 2.00. The van der Waals surface area contributed by atoms with Gasteiger partial charge in [0.2, 0.25) is 0 Å². The van der Waals surface area contributed by atoms with E-state index in [4.69, 9.17) is 4.74 Å². The number of H-pyrrole nitrogens is 1. The Bertz CT molecular complexity index is 800. The van der Waals surface area contributed by atoms with Crippen LogP contribution < -0.4 is 9.64 Å². The monoisotopic (exact) mass is 308 g/mol. The Hall–Kier alpha value is -2.56. The Morgan fingerprint density at radius 3 is 2.96 bits per heavy atom. The number of fused-ring (bicyclic) bond motifs is 1. The van der Waals surface area contributed by atoms with Gasteiger partial charge < -0.3 is 9.64 Å². The molecule has 23 heavy (non-hydrogen) atoms. The maximum atomic E-state index is 5.49. The average molecular weight is 308 g/mol. The van der Waals surface area contributed by atoms with Crippen LogP contribution >= 0.6 is 0 Å². The van der Waals surface area contributed by atoms with Crippen molar-refractivity contribution < 1.29 is 4.74 Å². The third kappa shape index (κ3) is 2.52. The Labute approximate surface area is 135 Å². The highest BCUT2D eigenvalue weighted by atomic mass is 16.5. The van der Waals surface area contributed by atoms with Crippen molar-refractivity contribution in [3.63, 3.8) is 0 Å². The number of aromatic amines is 1. The van der Waals surface area contributed by atoms with Gasteiger partial charge in [-0.05, 0) is 31.0 Å². The molecule has 1 fully saturated rings. The van der Waals surface area contributed by atoms with Crippen LogP contribution in [0.25, 0.3) is 10.8 Å². The van der Waals surface area contributed by atoms with Gasteiger partial charge in [0.15, 0.2) is 0 Å². The zero-order valence-electron chi connectivity index (χ0n) is 13.2. The minimum atomic E-state index is 0.480. The topological polar surface area (TPSA) is 54.0 Å². The van der Waals surface area contributed by atoms with Crippen LogP contribution in [-0.4, -0.2) is 35.4 Å². The van der Waals surface area contributed by atoms with Crippen molar-refractivity contribution in [2.24, 2.45) is 0 Å². The first kappa shape index (κ1) is 14.1. The Balaban J connectivity index is 1.71. The third-order valence-corrected chi connectivity index (χ3v) is 4.65. The average Bonchev–Trinajstić information content (AvgIpc) is 3.15. The Morgan fingerprint density at radius 2 is 2.13 bits per heavy atom. The van der Waals surface area contributed by atoms with Crippen molar-refractivity contribution in [2.75, 3.05) is 25.1 Å². The van der Waals surface area contributed by atoms with Crippen LogP contribution in [0.1, 0.15) is 24.5 Å². The van der Waals surface area contributed by atoms with Gasteiger partial charge in [0.1, 0.15) is 11.6 Å². The molecule has 0 spiro atoms. The summed E-state index contributed by atoms with van der Waals surface area (Å²) in [6, 6.07) is 10.3. The highest BCUT2D eigenvalue weighted by Crippen LogP contribution is 2.34. The number of hydrogen-bond donors (Lipinski definition) is 1. The van der Waals surface area contributed by atoms with Gasteiger partial charge in [0, 0.05) is 47.9 Å². The molecule has 5 nitrogen and oxygen atoms in total. The highest BCUT2D eigenvalue weighted by molar-refractivity contribution is 5.96. The van der Waals surface area contributed by atoms with Gasteiger partial charge in [-0.25, -0.2) is 4.98 Å². The van der Waals surface area contributed by atoms with E-state index in [9.17, 15) is 0 Å². The molecular weight excluding hydrogens is 288 g/mol. The second kappa shape index (κ2) is 5.91. The fourth-order valence-electron chi connectivity index (χ4n) is 3.51. The van der Waals surface area contributed by atoms with E-state index in [2.05, 4.69) is 32.2 Å². The van der Waals surface area contributed by atoms with Gasteiger partial charge in [0.05, 0.1) is 7.11 Å². The number of pyridine rings is 1. The number of benzene rings is 1. The molecule has 1 unspecified atom stereocenters. The molecular formula is C18H20N4O. The Morgan fingerprint density at radius 1 is 1.17 bits per heavy atom. The minimum absolute atomic E-state index is 0.480. The van der Waals surface area contributed by atoms with Crippen LogP contribution in [0, 0.1) is 0 Å². The quantitative estimate of drug-likeness (QED) is 0.806. The van der Waals surface area contributed by atoms with Crippen molar-refractivity contribution in [3.8, 4) is 5.75 Å². The molecule has 1 saturated heterocycles. The second-order valence-electron chi connectivity index (χ2n) is 5.99. The lowest BCUT2D eigenvalue weighted by Crippen LogP contribution is -2.35. The number of hydrogen-bond acceptors (Lipinski definition) is 4. The molecule has 1 aromatic carbocycles. The molecule has 3 heterocycles. The summed E-state index contributed by atoms with van der Waals surface area (Å²) in [5, 5.41) is 9.47. The molecule has 1 aliphatic heterocycles. The molecule has 118 valence electrons. The maximum absolute atomic E-state index is 5.49. The Kier molecular flexibility index (Phi) is 3.61. The summed E-state index contributed by atoms with van der Waals surface area (Å²) < 4.78 is 5.49. The van der Waals surface area contributed by atoms with Gasteiger partial charge in [-0.15, -0.1) is 0 Å². The van der Waals surface area contributed by atoms with E-state index >= 15 is 0 Å². The fraction of sp³-hybridized carbons (Fsp3) is 0.333.